The molecule has 1 N–H and O–H groups in total. The van der Waals surface area contributed by atoms with E-state index in [0.29, 0.717) is 5.60 Å². The van der Waals surface area contributed by atoms with Crippen molar-refractivity contribution >= 4 is 0 Å². The highest BCUT2D eigenvalue weighted by atomic mass is 16.5. The summed E-state index contributed by atoms with van der Waals surface area (Å²) in [4.78, 5) is 0. The maximum Gasteiger partial charge on any atom is 0.0685 e. The second-order valence-electron chi connectivity index (χ2n) is 7.53. The first-order chi connectivity index (χ1) is 9.81. The molecule has 0 aromatic heterocycles. The molecule has 1 aliphatic heterocycles. The van der Waals surface area contributed by atoms with Crippen LogP contribution in [0, 0.1) is 11.8 Å². The zero-order valence-electron chi connectivity index (χ0n) is 13.3. The fraction of sp³-hybridized carbons (Fsp3) is 1.00. The summed E-state index contributed by atoms with van der Waals surface area (Å²) in [5.41, 5.74) is 0.300. The van der Waals surface area contributed by atoms with Gasteiger partial charge in [-0.05, 0) is 69.7 Å². The van der Waals surface area contributed by atoms with Gasteiger partial charge in [0.1, 0.15) is 0 Å². The summed E-state index contributed by atoms with van der Waals surface area (Å²) in [7, 11) is 0. The van der Waals surface area contributed by atoms with Crippen molar-refractivity contribution in [3.05, 3.63) is 0 Å². The van der Waals surface area contributed by atoms with Crippen molar-refractivity contribution in [1.82, 2.24) is 5.32 Å². The minimum atomic E-state index is 0.300. The number of nitrogens with one attached hydrogen (secondary N) is 1. The van der Waals surface area contributed by atoms with E-state index in [1.165, 1.54) is 70.6 Å². The van der Waals surface area contributed by atoms with E-state index in [9.17, 15) is 0 Å². The predicted molar refractivity (Wildman–Crippen MR) is 83.9 cm³/mol. The summed E-state index contributed by atoms with van der Waals surface area (Å²) in [6.45, 7) is 4.42. The van der Waals surface area contributed by atoms with Gasteiger partial charge in [0.15, 0.2) is 0 Å². The van der Waals surface area contributed by atoms with Gasteiger partial charge in [0.05, 0.1) is 5.60 Å². The Morgan fingerprint density at radius 1 is 1.15 bits per heavy atom. The zero-order valence-corrected chi connectivity index (χ0v) is 13.3. The molecule has 2 nitrogen and oxygen atoms in total. The fourth-order valence-electron chi connectivity index (χ4n) is 4.60. The predicted octanol–water partition coefficient (Wildman–Crippen LogP) is 4.28. The van der Waals surface area contributed by atoms with Crippen molar-refractivity contribution < 1.29 is 4.74 Å². The minimum Gasteiger partial charge on any atom is -0.375 e. The first-order valence-electron chi connectivity index (χ1n) is 9.19. The molecule has 2 atom stereocenters. The summed E-state index contributed by atoms with van der Waals surface area (Å²) < 4.78 is 6.24. The molecule has 0 aromatic carbocycles. The van der Waals surface area contributed by atoms with E-state index < -0.39 is 0 Å². The highest BCUT2D eigenvalue weighted by molar-refractivity contribution is 4.91. The van der Waals surface area contributed by atoms with Crippen LogP contribution in [0.5, 0.6) is 0 Å². The molecule has 2 saturated carbocycles. The maximum absolute atomic E-state index is 6.24. The normalized spacial score (nSPS) is 31.4. The van der Waals surface area contributed by atoms with E-state index in [-0.39, 0.29) is 0 Å². The summed E-state index contributed by atoms with van der Waals surface area (Å²) in [6, 6.07) is 0.810. The monoisotopic (exact) mass is 279 g/mol. The molecule has 0 bridgehead atoms. The smallest absolute Gasteiger partial charge is 0.0685 e. The molecule has 3 aliphatic rings. The van der Waals surface area contributed by atoms with Crippen molar-refractivity contribution in [1.29, 1.82) is 0 Å². The van der Waals surface area contributed by atoms with E-state index in [0.717, 1.165) is 31.0 Å². The first kappa shape index (κ1) is 14.8. The Hall–Kier alpha value is -0.0800. The molecule has 0 radical (unpaired) electrons. The van der Waals surface area contributed by atoms with Gasteiger partial charge in [-0.25, -0.2) is 0 Å². The van der Waals surface area contributed by atoms with Crippen LogP contribution < -0.4 is 5.32 Å². The lowest BCUT2D eigenvalue weighted by Crippen LogP contribution is -2.42. The lowest BCUT2D eigenvalue weighted by molar-refractivity contribution is -0.118. The van der Waals surface area contributed by atoms with E-state index >= 15 is 0 Å². The third-order valence-electron chi connectivity index (χ3n) is 5.90. The Morgan fingerprint density at radius 3 is 2.65 bits per heavy atom. The average Bonchev–Trinajstić information content (AvgIpc) is 3.29. The average molecular weight is 279 g/mol. The Bertz CT molecular complexity index is 288. The fourth-order valence-corrected chi connectivity index (χ4v) is 4.60. The van der Waals surface area contributed by atoms with Gasteiger partial charge in [0.25, 0.3) is 0 Å². The highest BCUT2D eigenvalue weighted by Crippen LogP contribution is 2.42. The standard InChI is InChI=1S/C18H33NO/c1-2-19-17(16-7-8-16)9-6-15-10-13-20-18(14-15)11-4-3-5-12-18/h15-17,19H,2-14H2,1H3. The molecule has 3 rings (SSSR count). The number of hydrogen-bond acceptors (Lipinski definition) is 2. The maximum atomic E-state index is 6.24. The molecule has 2 heteroatoms. The van der Waals surface area contributed by atoms with Gasteiger partial charge in [0.2, 0.25) is 0 Å². The Balaban J connectivity index is 1.47. The summed E-state index contributed by atoms with van der Waals surface area (Å²) >= 11 is 0. The highest BCUT2D eigenvalue weighted by Gasteiger charge is 2.39. The molecular formula is C18H33NO. The summed E-state index contributed by atoms with van der Waals surface area (Å²) in [6.07, 6.45) is 15.3. The van der Waals surface area contributed by atoms with E-state index in [2.05, 4.69) is 12.2 Å². The van der Waals surface area contributed by atoms with E-state index in [1.807, 2.05) is 0 Å². The molecule has 2 unspecified atom stereocenters. The van der Waals surface area contributed by atoms with Crippen LogP contribution in [-0.2, 0) is 4.74 Å². The van der Waals surface area contributed by atoms with Gasteiger partial charge < -0.3 is 10.1 Å². The van der Waals surface area contributed by atoms with Crippen molar-refractivity contribution in [2.75, 3.05) is 13.2 Å². The SMILES string of the molecule is CCNC(CCC1CCOC2(CCCCC2)C1)C1CC1. The van der Waals surface area contributed by atoms with Crippen LogP contribution in [0.2, 0.25) is 0 Å². The number of rotatable bonds is 6. The van der Waals surface area contributed by atoms with Crippen LogP contribution in [-0.4, -0.2) is 24.8 Å². The van der Waals surface area contributed by atoms with Crippen molar-refractivity contribution in [3.63, 3.8) is 0 Å². The molecule has 20 heavy (non-hydrogen) atoms. The largest absolute Gasteiger partial charge is 0.375 e. The van der Waals surface area contributed by atoms with Crippen molar-refractivity contribution in [2.24, 2.45) is 11.8 Å². The van der Waals surface area contributed by atoms with Crippen LogP contribution in [0.15, 0.2) is 0 Å². The van der Waals surface area contributed by atoms with Crippen molar-refractivity contribution in [3.8, 4) is 0 Å². The summed E-state index contributed by atoms with van der Waals surface area (Å²) in [5.74, 6) is 1.93. The first-order valence-corrected chi connectivity index (χ1v) is 9.19. The van der Waals surface area contributed by atoms with Crippen LogP contribution in [0.1, 0.15) is 77.6 Å². The van der Waals surface area contributed by atoms with Gasteiger partial charge in [-0.1, -0.05) is 26.2 Å². The lowest BCUT2D eigenvalue weighted by Gasteiger charge is -2.44. The minimum absolute atomic E-state index is 0.300. The Labute approximate surface area is 125 Å². The summed E-state index contributed by atoms with van der Waals surface area (Å²) in [5, 5.41) is 3.72. The second-order valence-corrected chi connectivity index (χ2v) is 7.53. The van der Waals surface area contributed by atoms with E-state index in [1.54, 1.807) is 0 Å². The van der Waals surface area contributed by atoms with Crippen LogP contribution in [0.3, 0.4) is 0 Å². The Kier molecular flexibility index (Phi) is 5.04. The molecule has 2 aliphatic carbocycles. The third kappa shape index (κ3) is 3.76. The van der Waals surface area contributed by atoms with Gasteiger partial charge in [0, 0.05) is 12.6 Å². The van der Waals surface area contributed by atoms with Crippen LogP contribution >= 0.6 is 0 Å². The second kappa shape index (κ2) is 6.79. The van der Waals surface area contributed by atoms with Gasteiger partial charge in [-0.2, -0.15) is 0 Å². The molecule has 0 aromatic rings. The molecule has 1 spiro atoms. The quantitative estimate of drug-likeness (QED) is 0.783. The number of hydrogen-bond donors (Lipinski definition) is 1. The van der Waals surface area contributed by atoms with Crippen LogP contribution in [0.25, 0.3) is 0 Å². The van der Waals surface area contributed by atoms with Crippen LogP contribution in [0.4, 0.5) is 0 Å². The topological polar surface area (TPSA) is 21.3 Å². The van der Waals surface area contributed by atoms with Gasteiger partial charge in [-0.3, -0.25) is 0 Å². The van der Waals surface area contributed by atoms with Gasteiger partial charge >= 0.3 is 0 Å². The molecule has 0 amide bonds. The van der Waals surface area contributed by atoms with Crippen molar-refractivity contribution in [2.45, 2.75) is 89.2 Å². The van der Waals surface area contributed by atoms with Gasteiger partial charge in [-0.15, -0.1) is 0 Å². The molecule has 1 saturated heterocycles. The van der Waals surface area contributed by atoms with E-state index in [4.69, 9.17) is 4.74 Å². The Morgan fingerprint density at radius 2 is 1.95 bits per heavy atom. The number of ether oxygens (including phenoxy) is 1. The molecular weight excluding hydrogens is 246 g/mol. The molecule has 1 heterocycles. The zero-order chi connectivity index (χ0) is 13.8. The molecule has 116 valence electrons. The third-order valence-corrected chi connectivity index (χ3v) is 5.90. The molecule has 3 fully saturated rings. The lowest BCUT2D eigenvalue weighted by atomic mass is 9.74.